The van der Waals surface area contributed by atoms with Crippen LogP contribution in [0.2, 0.25) is 0 Å². The van der Waals surface area contributed by atoms with Crippen LogP contribution in [-0.2, 0) is 16.0 Å². The molecule has 2 N–H and O–H groups in total. The van der Waals surface area contributed by atoms with Crippen molar-refractivity contribution in [1.29, 1.82) is 0 Å². The molecule has 0 heterocycles. The lowest BCUT2D eigenvalue weighted by atomic mass is 10.0. The van der Waals surface area contributed by atoms with Gasteiger partial charge in [-0.2, -0.15) is 0 Å². The molecule has 1 aromatic carbocycles. The van der Waals surface area contributed by atoms with Gasteiger partial charge < -0.3 is 10.4 Å². The molecule has 0 atom stereocenters. The van der Waals surface area contributed by atoms with Crippen LogP contribution in [0, 0.1) is 5.92 Å². The van der Waals surface area contributed by atoms with Gasteiger partial charge in [-0.3, -0.25) is 4.79 Å². The van der Waals surface area contributed by atoms with E-state index < -0.39 is 11.9 Å². The lowest BCUT2D eigenvalue weighted by molar-refractivity contribution is -0.131. The lowest BCUT2D eigenvalue weighted by Gasteiger charge is -2.06. The van der Waals surface area contributed by atoms with Crippen LogP contribution < -0.4 is 5.32 Å². The maximum Gasteiger partial charge on any atom is 0.328 e. The number of carboxylic acid groups (broad SMARTS) is 1. The average molecular weight is 247 g/mol. The molecule has 0 aliphatic rings. The van der Waals surface area contributed by atoms with E-state index in [9.17, 15) is 9.59 Å². The Kier molecular flexibility index (Phi) is 5.11. The van der Waals surface area contributed by atoms with Gasteiger partial charge in [-0.05, 0) is 30.0 Å². The van der Waals surface area contributed by atoms with E-state index in [0.29, 0.717) is 11.6 Å². The zero-order chi connectivity index (χ0) is 13.5. The van der Waals surface area contributed by atoms with Crippen molar-refractivity contribution in [1.82, 2.24) is 0 Å². The summed E-state index contributed by atoms with van der Waals surface area (Å²) >= 11 is 0. The molecular weight excluding hydrogens is 230 g/mol. The first-order valence-electron chi connectivity index (χ1n) is 5.78. The highest BCUT2D eigenvalue weighted by atomic mass is 16.4. The van der Waals surface area contributed by atoms with Crippen molar-refractivity contribution in [3.63, 3.8) is 0 Å². The van der Waals surface area contributed by atoms with Gasteiger partial charge in [0.05, 0.1) is 0 Å². The van der Waals surface area contributed by atoms with Gasteiger partial charge in [0.15, 0.2) is 0 Å². The molecule has 0 spiro atoms. The topological polar surface area (TPSA) is 66.4 Å². The minimum Gasteiger partial charge on any atom is -0.478 e. The van der Waals surface area contributed by atoms with Gasteiger partial charge in [-0.25, -0.2) is 4.79 Å². The van der Waals surface area contributed by atoms with Crippen LogP contribution in [0.25, 0.3) is 0 Å². The normalized spacial score (nSPS) is 10.8. The molecule has 1 aromatic rings. The first-order chi connectivity index (χ1) is 8.47. The van der Waals surface area contributed by atoms with E-state index in [0.717, 1.165) is 18.6 Å². The van der Waals surface area contributed by atoms with Crippen molar-refractivity contribution >= 4 is 17.6 Å². The fourth-order valence-electron chi connectivity index (χ4n) is 1.53. The summed E-state index contributed by atoms with van der Waals surface area (Å²) in [6.45, 7) is 4.29. The standard InChI is InChI=1S/C14H17NO3/c1-10(2)9-11-3-5-12(6-4-11)15-13(16)7-8-14(17)18/h3-8,10H,9H2,1-2H3,(H,15,16)(H,17,18)/b8-7+. The van der Waals surface area contributed by atoms with Crippen molar-refractivity contribution < 1.29 is 14.7 Å². The number of amides is 1. The van der Waals surface area contributed by atoms with Gasteiger partial charge in [-0.15, -0.1) is 0 Å². The summed E-state index contributed by atoms with van der Waals surface area (Å²) in [6, 6.07) is 7.53. The van der Waals surface area contributed by atoms with Gasteiger partial charge in [0.25, 0.3) is 0 Å². The summed E-state index contributed by atoms with van der Waals surface area (Å²) < 4.78 is 0. The van der Waals surface area contributed by atoms with Crippen LogP contribution in [0.5, 0.6) is 0 Å². The number of rotatable bonds is 5. The summed E-state index contributed by atoms with van der Waals surface area (Å²) in [5.74, 6) is -1.00. The van der Waals surface area contributed by atoms with Crippen LogP contribution >= 0.6 is 0 Å². The fourth-order valence-corrected chi connectivity index (χ4v) is 1.53. The Morgan fingerprint density at radius 3 is 2.33 bits per heavy atom. The molecule has 4 nitrogen and oxygen atoms in total. The Hall–Kier alpha value is -2.10. The van der Waals surface area contributed by atoms with E-state index in [-0.39, 0.29) is 0 Å². The number of carbonyl (C=O) groups excluding carboxylic acids is 1. The highest BCUT2D eigenvalue weighted by Gasteiger charge is 2.00. The molecule has 1 amide bonds. The number of nitrogens with one attached hydrogen (secondary N) is 1. The molecule has 0 aliphatic carbocycles. The van der Waals surface area contributed by atoms with Crippen LogP contribution in [-0.4, -0.2) is 17.0 Å². The summed E-state index contributed by atoms with van der Waals surface area (Å²) in [4.78, 5) is 21.6. The average Bonchev–Trinajstić information content (AvgIpc) is 2.28. The Balaban J connectivity index is 2.58. The molecule has 0 radical (unpaired) electrons. The maximum atomic E-state index is 11.3. The van der Waals surface area contributed by atoms with Gasteiger partial charge in [-0.1, -0.05) is 26.0 Å². The van der Waals surface area contributed by atoms with Crippen LogP contribution in [0.15, 0.2) is 36.4 Å². The summed E-state index contributed by atoms with van der Waals surface area (Å²) in [5.41, 5.74) is 1.87. The number of hydrogen-bond donors (Lipinski definition) is 2. The molecule has 96 valence electrons. The van der Waals surface area contributed by atoms with E-state index in [2.05, 4.69) is 19.2 Å². The highest BCUT2D eigenvalue weighted by molar-refractivity contribution is 6.02. The Bertz CT molecular complexity index is 447. The number of carboxylic acids is 1. The number of carbonyl (C=O) groups is 2. The number of aliphatic carboxylic acids is 1. The largest absolute Gasteiger partial charge is 0.478 e. The summed E-state index contributed by atoms with van der Waals surface area (Å²) in [7, 11) is 0. The molecular formula is C14H17NO3. The minimum absolute atomic E-state index is 0.450. The smallest absolute Gasteiger partial charge is 0.328 e. The first kappa shape index (κ1) is 14.0. The van der Waals surface area contributed by atoms with E-state index in [4.69, 9.17) is 5.11 Å². The number of benzene rings is 1. The van der Waals surface area contributed by atoms with Crippen molar-refractivity contribution in [2.75, 3.05) is 5.32 Å². The number of hydrogen-bond acceptors (Lipinski definition) is 2. The molecule has 18 heavy (non-hydrogen) atoms. The van der Waals surface area contributed by atoms with Crippen molar-refractivity contribution in [2.45, 2.75) is 20.3 Å². The van der Waals surface area contributed by atoms with E-state index in [1.54, 1.807) is 0 Å². The third-order valence-electron chi connectivity index (χ3n) is 2.24. The van der Waals surface area contributed by atoms with Gasteiger partial charge in [0.2, 0.25) is 5.91 Å². The van der Waals surface area contributed by atoms with E-state index in [1.165, 1.54) is 5.56 Å². The number of anilines is 1. The first-order valence-corrected chi connectivity index (χ1v) is 5.78. The SMILES string of the molecule is CC(C)Cc1ccc(NC(=O)/C=C/C(=O)O)cc1. The Morgan fingerprint density at radius 2 is 1.83 bits per heavy atom. The second-order valence-electron chi connectivity index (χ2n) is 4.46. The monoisotopic (exact) mass is 247 g/mol. The molecule has 0 aromatic heterocycles. The van der Waals surface area contributed by atoms with Gasteiger partial charge in [0.1, 0.15) is 0 Å². The predicted octanol–water partition coefficient (Wildman–Crippen LogP) is 2.46. The van der Waals surface area contributed by atoms with Gasteiger partial charge >= 0.3 is 5.97 Å². The molecule has 0 fully saturated rings. The Morgan fingerprint density at radius 1 is 1.22 bits per heavy atom. The molecule has 1 rings (SSSR count). The highest BCUT2D eigenvalue weighted by Crippen LogP contribution is 2.12. The van der Waals surface area contributed by atoms with Crippen molar-refractivity contribution in [3.05, 3.63) is 42.0 Å². The van der Waals surface area contributed by atoms with Crippen molar-refractivity contribution in [2.24, 2.45) is 5.92 Å². The van der Waals surface area contributed by atoms with Crippen LogP contribution in [0.4, 0.5) is 5.69 Å². The second kappa shape index (κ2) is 6.59. The third kappa shape index (κ3) is 5.30. The molecule has 4 heteroatoms. The minimum atomic E-state index is -1.14. The zero-order valence-electron chi connectivity index (χ0n) is 10.5. The molecule has 0 unspecified atom stereocenters. The fraction of sp³-hybridized carbons (Fsp3) is 0.286. The Labute approximate surface area is 106 Å². The second-order valence-corrected chi connectivity index (χ2v) is 4.46. The summed E-state index contributed by atoms with van der Waals surface area (Å²) in [5, 5.41) is 11.0. The molecule has 0 saturated carbocycles. The summed E-state index contributed by atoms with van der Waals surface area (Å²) in [6.07, 6.45) is 2.79. The van der Waals surface area contributed by atoms with Crippen LogP contribution in [0.3, 0.4) is 0 Å². The van der Waals surface area contributed by atoms with Crippen LogP contribution in [0.1, 0.15) is 19.4 Å². The lowest BCUT2D eigenvalue weighted by Crippen LogP contribution is -2.08. The third-order valence-corrected chi connectivity index (χ3v) is 2.24. The van der Waals surface area contributed by atoms with E-state index >= 15 is 0 Å². The van der Waals surface area contributed by atoms with Gasteiger partial charge in [0, 0.05) is 17.8 Å². The molecule has 0 saturated heterocycles. The van der Waals surface area contributed by atoms with Crippen molar-refractivity contribution in [3.8, 4) is 0 Å². The van der Waals surface area contributed by atoms with E-state index in [1.807, 2.05) is 24.3 Å². The molecule has 0 bridgehead atoms. The predicted molar refractivity (Wildman–Crippen MR) is 70.4 cm³/mol. The maximum absolute atomic E-state index is 11.3. The quantitative estimate of drug-likeness (QED) is 0.785. The molecule has 0 aliphatic heterocycles. The zero-order valence-corrected chi connectivity index (χ0v) is 10.5.